The highest BCUT2D eigenvalue weighted by Gasteiger charge is 2.65. The van der Waals surface area contributed by atoms with Crippen LogP contribution < -0.4 is 0 Å². The minimum absolute atomic E-state index is 0.00487. The van der Waals surface area contributed by atoms with Gasteiger partial charge < -0.3 is 4.74 Å². The monoisotopic (exact) mass is 480 g/mol. The van der Waals surface area contributed by atoms with Crippen LogP contribution >= 0.6 is 0 Å². The van der Waals surface area contributed by atoms with Crippen molar-refractivity contribution in [2.75, 3.05) is 39.4 Å². The lowest BCUT2D eigenvalue weighted by molar-refractivity contribution is -0.299. The van der Waals surface area contributed by atoms with Gasteiger partial charge in [0.2, 0.25) is 0 Å². The van der Waals surface area contributed by atoms with E-state index in [9.17, 15) is 61.5 Å². The van der Waals surface area contributed by atoms with Crippen LogP contribution in [0.3, 0.4) is 0 Å². The van der Waals surface area contributed by atoms with Crippen LogP contribution in [0.1, 0.15) is 0 Å². The molecule has 3 nitrogen and oxygen atoms in total. The molecule has 0 saturated carbocycles. The van der Waals surface area contributed by atoms with E-state index in [2.05, 4.69) is 4.74 Å². The molecule has 3 atom stereocenters. The summed E-state index contributed by atoms with van der Waals surface area (Å²) >= 11 is 0. The van der Waals surface area contributed by atoms with Crippen molar-refractivity contribution < 1.29 is 66.2 Å². The molecule has 1 saturated heterocycles. The standard InChI is InChI=1S/C13H14F14N2O/c14-7(11(19,20)21)10(17,18)6-30-5-9(16,12(22,23)24)8(15)28-1-3-29(4-2-28)13(25,26)27/h7-8H,1-6H2. The van der Waals surface area contributed by atoms with E-state index in [1.54, 1.807) is 0 Å². The second-order valence-electron chi connectivity index (χ2n) is 6.34. The van der Waals surface area contributed by atoms with Gasteiger partial charge in [0.25, 0.3) is 11.8 Å². The Balaban J connectivity index is 2.86. The third-order valence-electron chi connectivity index (χ3n) is 4.11. The first-order chi connectivity index (χ1) is 13.2. The third kappa shape index (κ3) is 6.21. The maximum atomic E-state index is 14.4. The number of piperazine rings is 1. The van der Waals surface area contributed by atoms with Gasteiger partial charge in [0.05, 0.1) is 6.61 Å². The van der Waals surface area contributed by atoms with E-state index in [0.717, 1.165) is 0 Å². The van der Waals surface area contributed by atoms with Crippen LogP contribution in [0.4, 0.5) is 61.5 Å². The lowest BCUT2D eigenvalue weighted by Gasteiger charge is -2.41. The molecule has 0 aromatic rings. The molecule has 1 aliphatic rings. The molecule has 0 radical (unpaired) electrons. The number of hydrogen-bond acceptors (Lipinski definition) is 3. The van der Waals surface area contributed by atoms with Crippen LogP contribution in [-0.4, -0.2) is 91.9 Å². The Hall–Kier alpha value is -1.10. The van der Waals surface area contributed by atoms with Crippen molar-refractivity contribution in [1.82, 2.24) is 9.80 Å². The molecule has 0 amide bonds. The van der Waals surface area contributed by atoms with Crippen molar-refractivity contribution in [3.8, 4) is 0 Å². The Morgan fingerprint density at radius 1 is 0.700 bits per heavy atom. The Morgan fingerprint density at radius 2 is 1.17 bits per heavy atom. The first kappa shape index (κ1) is 26.9. The molecule has 1 fully saturated rings. The Morgan fingerprint density at radius 3 is 1.53 bits per heavy atom. The van der Waals surface area contributed by atoms with Crippen molar-refractivity contribution in [3.05, 3.63) is 0 Å². The lowest BCUT2D eigenvalue weighted by atomic mass is 10.0. The predicted octanol–water partition coefficient (Wildman–Crippen LogP) is 4.24. The van der Waals surface area contributed by atoms with Crippen LogP contribution in [0, 0.1) is 0 Å². The van der Waals surface area contributed by atoms with E-state index >= 15 is 0 Å². The fourth-order valence-corrected chi connectivity index (χ4v) is 2.43. The molecular formula is C13H14F14N2O. The maximum absolute atomic E-state index is 14.4. The normalized spacial score (nSPS) is 22.6. The highest BCUT2D eigenvalue weighted by Crippen LogP contribution is 2.41. The van der Waals surface area contributed by atoms with Crippen molar-refractivity contribution in [3.63, 3.8) is 0 Å². The molecule has 17 heteroatoms. The van der Waals surface area contributed by atoms with Gasteiger partial charge in [-0.05, 0) is 0 Å². The summed E-state index contributed by atoms with van der Waals surface area (Å²) in [6.45, 7) is -9.41. The van der Waals surface area contributed by atoms with Crippen molar-refractivity contribution >= 4 is 0 Å². The summed E-state index contributed by atoms with van der Waals surface area (Å²) in [4.78, 5) is -0.190. The second-order valence-corrected chi connectivity index (χ2v) is 6.34. The molecule has 30 heavy (non-hydrogen) atoms. The number of rotatable bonds is 7. The zero-order chi connectivity index (χ0) is 23.8. The minimum Gasteiger partial charge on any atom is -0.371 e. The molecule has 0 bridgehead atoms. The number of hydrogen-bond donors (Lipinski definition) is 0. The SMILES string of the molecule is FC(C(F)(F)F)C(F)(F)COCC(F)(C(F)N1CCN(C(F)(F)F)CC1)C(F)(F)F. The first-order valence-electron chi connectivity index (χ1n) is 7.85. The summed E-state index contributed by atoms with van der Waals surface area (Å²) in [5.74, 6) is -5.41. The Kier molecular flexibility index (Phi) is 7.90. The van der Waals surface area contributed by atoms with Crippen molar-refractivity contribution in [1.29, 1.82) is 0 Å². The van der Waals surface area contributed by atoms with Gasteiger partial charge >= 0.3 is 24.6 Å². The van der Waals surface area contributed by atoms with Crippen LogP contribution in [0.2, 0.25) is 0 Å². The predicted molar refractivity (Wildman–Crippen MR) is 70.7 cm³/mol. The number of alkyl halides is 14. The summed E-state index contributed by atoms with van der Waals surface area (Å²) in [7, 11) is 0. The van der Waals surface area contributed by atoms with Gasteiger partial charge in [0.1, 0.15) is 6.61 Å². The van der Waals surface area contributed by atoms with Gasteiger partial charge in [-0.2, -0.15) is 39.5 Å². The molecule has 1 aliphatic heterocycles. The zero-order valence-electron chi connectivity index (χ0n) is 14.5. The average molecular weight is 480 g/mol. The fraction of sp³-hybridized carbons (Fsp3) is 1.00. The van der Waals surface area contributed by atoms with E-state index in [1.807, 2.05) is 0 Å². The maximum Gasteiger partial charge on any atom is 0.460 e. The van der Waals surface area contributed by atoms with E-state index in [0.29, 0.717) is 0 Å². The highest BCUT2D eigenvalue weighted by molar-refractivity contribution is 4.96. The largest absolute Gasteiger partial charge is 0.460 e. The molecule has 0 aliphatic carbocycles. The van der Waals surface area contributed by atoms with Crippen LogP contribution in [-0.2, 0) is 4.74 Å². The van der Waals surface area contributed by atoms with Gasteiger partial charge in [-0.25, -0.2) is 26.9 Å². The summed E-state index contributed by atoms with van der Waals surface area (Å²) < 4.78 is 183. The van der Waals surface area contributed by atoms with Crippen molar-refractivity contribution in [2.24, 2.45) is 0 Å². The summed E-state index contributed by atoms with van der Waals surface area (Å²) in [6.07, 6.45) is -25.7. The van der Waals surface area contributed by atoms with Gasteiger partial charge in [-0.15, -0.1) is 0 Å². The number of nitrogens with zero attached hydrogens (tertiary/aromatic N) is 2. The quantitative estimate of drug-likeness (QED) is 0.401. The molecular weight excluding hydrogens is 466 g/mol. The van der Waals surface area contributed by atoms with Gasteiger partial charge in [0, 0.05) is 26.2 Å². The van der Waals surface area contributed by atoms with Crippen LogP contribution in [0.15, 0.2) is 0 Å². The molecule has 1 heterocycles. The minimum atomic E-state index is -6.15. The highest BCUT2D eigenvalue weighted by atomic mass is 19.4. The molecule has 1 rings (SSSR count). The summed E-state index contributed by atoms with van der Waals surface area (Å²) in [5, 5.41) is 0. The second kappa shape index (κ2) is 8.80. The Bertz CT molecular complexity index is 554. The topological polar surface area (TPSA) is 15.7 Å². The first-order valence-corrected chi connectivity index (χ1v) is 7.85. The molecule has 0 aromatic carbocycles. The fourth-order valence-electron chi connectivity index (χ4n) is 2.43. The molecule has 0 spiro atoms. The van der Waals surface area contributed by atoms with Gasteiger partial charge in [-0.3, -0.25) is 4.90 Å². The molecule has 3 unspecified atom stereocenters. The smallest absolute Gasteiger partial charge is 0.371 e. The zero-order valence-corrected chi connectivity index (χ0v) is 14.5. The van der Waals surface area contributed by atoms with E-state index in [1.165, 1.54) is 0 Å². The van der Waals surface area contributed by atoms with Gasteiger partial charge in [0.15, 0.2) is 6.30 Å². The molecule has 0 N–H and O–H groups in total. The number of ether oxygens (including phenoxy) is 1. The molecule has 0 aromatic heterocycles. The Labute approximate surface area is 159 Å². The number of halogens is 14. The lowest BCUT2D eigenvalue weighted by Crippen LogP contribution is -2.63. The van der Waals surface area contributed by atoms with Crippen LogP contribution in [0.25, 0.3) is 0 Å². The van der Waals surface area contributed by atoms with E-state index < -0.39 is 82.1 Å². The summed E-state index contributed by atoms with van der Waals surface area (Å²) in [5.41, 5.74) is -5.09. The van der Waals surface area contributed by atoms with E-state index in [-0.39, 0.29) is 9.80 Å². The van der Waals surface area contributed by atoms with Crippen molar-refractivity contribution in [2.45, 2.75) is 42.7 Å². The third-order valence-corrected chi connectivity index (χ3v) is 4.11. The van der Waals surface area contributed by atoms with Gasteiger partial charge in [-0.1, -0.05) is 0 Å². The average Bonchev–Trinajstić information content (AvgIpc) is 2.57. The van der Waals surface area contributed by atoms with Crippen LogP contribution in [0.5, 0.6) is 0 Å². The summed E-state index contributed by atoms with van der Waals surface area (Å²) in [6, 6.07) is 0. The van der Waals surface area contributed by atoms with E-state index in [4.69, 9.17) is 0 Å². The molecule has 180 valence electrons.